The van der Waals surface area contributed by atoms with Gasteiger partial charge in [-0.3, -0.25) is 14.2 Å². The Labute approximate surface area is 193 Å². The van der Waals surface area contributed by atoms with Crippen LogP contribution in [0.1, 0.15) is 56.7 Å². The Hall–Kier alpha value is -2.67. The lowest BCUT2D eigenvalue weighted by Crippen LogP contribution is -2.27. The molecule has 0 bridgehead atoms. The van der Waals surface area contributed by atoms with E-state index in [0.717, 1.165) is 49.8 Å². The van der Waals surface area contributed by atoms with Gasteiger partial charge in [-0.1, -0.05) is 31.9 Å². The number of carbonyl (C=O) groups is 1. The number of halogens is 1. The third-order valence-electron chi connectivity index (χ3n) is 6.81. The van der Waals surface area contributed by atoms with Crippen LogP contribution < -0.4 is 5.32 Å². The van der Waals surface area contributed by atoms with Crippen LogP contribution in [-0.4, -0.2) is 30.5 Å². The van der Waals surface area contributed by atoms with E-state index in [2.05, 4.69) is 45.2 Å². The van der Waals surface area contributed by atoms with Gasteiger partial charge in [0.25, 0.3) is 0 Å². The molecule has 1 aliphatic carbocycles. The van der Waals surface area contributed by atoms with E-state index in [1.54, 1.807) is 6.20 Å². The second kappa shape index (κ2) is 8.03. The third kappa shape index (κ3) is 4.06. The van der Waals surface area contributed by atoms with Crippen molar-refractivity contribution in [3.05, 3.63) is 47.1 Å². The lowest BCUT2D eigenvalue weighted by molar-refractivity contribution is -0.120. The standard InChI is InChI=1S/C24H29ClN6O/c1-24(2)9-21-19(11-28-31(21)14-24)18-8-22(26-12-20(18)25)29-23(32)16-6-4-5-15(7-16)17-10-27-30(3)13-17/h8,10-13,15-16H,4-7,9,14H2,1-3H3,(H,26,29,32)/t15-,16+/m0/s1. The van der Waals surface area contributed by atoms with Crippen molar-refractivity contribution >= 4 is 23.3 Å². The number of hydrogen-bond donors (Lipinski definition) is 1. The van der Waals surface area contributed by atoms with Crippen LogP contribution in [-0.2, 0) is 24.8 Å². The van der Waals surface area contributed by atoms with Crippen LogP contribution in [0.2, 0.25) is 5.02 Å². The summed E-state index contributed by atoms with van der Waals surface area (Å²) in [4.78, 5) is 17.5. The number of carbonyl (C=O) groups excluding carboxylic acids is 1. The van der Waals surface area contributed by atoms with Crippen molar-refractivity contribution in [1.29, 1.82) is 0 Å². The summed E-state index contributed by atoms with van der Waals surface area (Å²) in [7, 11) is 1.93. The summed E-state index contributed by atoms with van der Waals surface area (Å²) in [6.07, 6.45) is 12.3. The van der Waals surface area contributed by atoms with Crippen molar-refractivity contribution in [2.75, 3.05) is 5.32 Å². The zero-order valence-electron chi connectivity index (χ0n) is 18.8. The molecule has 1 fully saturated rings. The molecule has 1 aliphatic heterocycles. The predicted octanol–water partition coefficient (Wildman–Crippen LogP) is 4.83. The molecule has 0 radical (unpaired) electrons. The Kier molecular flexibility index (Phi) is 5.32. The number of fused-ring (bicyclic) bond motifs is 1. The van der Waals surface area contributed by atoms with Crippen molar-refractivity contribution < 1.29 is 4.79 Å². The Morgan fingerprint density at radius 1 is 1.19 bits per heavy atom. The average Bonchev–Trinajstić information content (AvgIpc) is 3.43. The second-order valence-electron chi connectivity index (χ2n) is 10.1. The van der Waals surface area contributed by atoms with Gasteiger partial charge in [-0.25, -0.2) is 4.98 Å². The molecule has 3 aromatic heterocycles. The lowest BCUT2D eigenvalue weighted by Gasteiger charge is -2.27. The number of aromatic nitrogens is 5. The number of amides is 1. The summed E-state index contributed by atoms with van der Waals surface area (Å²) >= 11 is 6.51. The first kappa shape index (κ1) is 21.2. The Balaban J connectivity index is 1.33. The predicted molar refractivity (Wildman–Crippen MR) is 124 cm³/mol. The van der Waals surface area contributed by atoms with E-state index >= 15 is 0 Å². The number of nitrogens with zero attached hydrogens (tertiary/aromatic N) is 5. The minimum Gasteiger partial charge on any atom is -0.310 e. The van der Waals surface area contributed by atoms with Gasteiger partial charge in [0, 0.05) is 48.7 Å². The number of rotatable bonds is 4. The molecular weight excluding hydrogens is 424 g/mol. The van der Waals surface area contributed by atoms with E-state index in [1.807, 2.05) is 30.2 Å². The molecule has 8 heteroatoms. The summed E-state index contributed by atoms with van der Waals surface area (Å²) < 4.78 is 3.89. The van der Waals surface area contributed by atoms with Gasteiger partial charge in [-0.15, -0.1) is 0 Å². The average molecular weight is 453 g/mol. The summed E-state index contributed by atoms with van der Waals surface area (Å²) in [5.41, 5.74) is 4.48. The van der Waals surface area contributed by atoms with Crippen LogP contribution in [0.4, 0.5) is 5.82 Å². The molecular formula is C24H29ClN6O. The van der Waals surface area contributed by atoms with E-state index < -0.39 is 0 Å². The number of nitrogens with one attached hydrogen (secondary N) is 1. The Bertz CT molecular complexity index is 1160. The van der Waals surface area contributed by atoms with Gasteiger partial charge in [0.1, 0.15) is 5.82 Å². The van der Waals surface area contributed by atoms with Gasteiger partial charge >= 0.3 is 0 Å². The highest BCUT2D eigenvalue weighted by atomic mass is 35.5. The SMILES string of the molecule is Cn1cc([C@H]2CCC[C@@H](C(=O)Nc3cc(-c4cnn5c4CC(C)(C)C5)c(Cl)cn3)C2)cn1. The maximum Gasteiger partial charge on any atom is 0.228 e. The molecule has 1 saturated carbocycles. The summed E-state index contributed by atoms with van der Waals surface area (Å²) in [6, 6.07) is 1.88. The number of pyridine rings is 1. The molecule has 0 saturated heterocycles. The molecule has 32 heavy (non-hydrogen) atoms. The molecule has 5 rings (SSSR count). The van der Waals surface area contributed by atoms with Gasteiger partial charge < -0.3 is 5.32 Å². The lowest BCUT2D eigenvalue weighted by atomic mass is 9.78. The van der Waals surface area contributed by atoms with Crippen LogP contribution in [0, 0.1) is 11.3 Å². The molecule has 168 valence electrons. The normalized spacial score (nSPS) is 22.0. The zero-order chi connectivity index (χ0) is 22.5. The highest BCUT2D eigenvalue weighted by Gasteiger charge is 2.32. The maximum atomic E-state index is 13.1. The fraction of sp³-hybridized carbons (Fsp3) is 0.500. The molecule has 1 amide bonds. The number of aryl methyl sites for hydroxylation is 1. The van der Waals surface area contributed by atoms with E-state index in [1.165, 1.54) is 11.3 Å². The third-order valence-corrected chi connectivity index (χ3v) is 7.11. The number of anilines is 1. The monoisotopic (exact) mass is 452 g/mol. The van der Waals surface area contributed by atoms with Gasteiger partial charge in [-0.2, -0.15) is 10.2 Å². The first-order valence-electron chi connectivity index (χ1n) is 11.3. The largest absolute Gasteiger partial charge is 0.310 e. The molecule has 2 atom stereocenters. The van der Waals surface area contributed by atoms with Crippen LogP contribution in [0.5, 0.6) is 0 Å². The summed E-state index contributed by atoms with van der Waals surface area (Å²) in [5.74, 6) is 0.909. The fourth-order valence-corrected chi connectivity index (χ4v) is 5.40. The molecule has 1 N–H and O–H groups in total. The second-order valence-corrected chi connectivity index (χ2v) is 10.5. The van der Waals surface area contributed by atoms with Gasteiger partial charge in [-0.05, 0) is 48.6 Å². The van der Waals surface area contributed by atoms with Crippen LogP contribution in [0.3, 0.4) is 0 Å². The van der Waals surface area contributed by atoms with Crippen LogP contribution in [0.15, 0.2) is 30.9 Å². The van der Waals surface area contributed by atoms with E-state index in [9.17, 15) is 4.79 Å². The number of hydrogen-bond acceptors (Lipinski definition) is 4. The highest BCUT2D eigenvalue weighted by Crippen LogP contribution is 2.40. The van der Waals surface area contributed by atoms with Crippen molar-refractivity contribution in [3.63, 3.8) is 0 Å². The van der Waals surface area contributed by atoms with E-state index in [0.29, 0.717) is 16.8 Å². The van der Waals surface area contributed by atoms with Crippen molar-refractivity contribution in [2.45, 2.75) is 58.4 Å². The first-order chi connectivity index (χ1) is 15.3. The van der Waals surface area contributed by atoms with Gasteiger partial charge in [0.15, 0.2) is 0 Å². The fourth-order valence-electron chi connectivity index (χ4n) is 5.20. The van der Waals surface area contributed by atoms with Crippen molar-refractivity contribution in [2.24, 2.45) is 18.4 Å². The van der Waals surface area contributed by atoms with Crippen LogP contribution >= 0.6 is 11.6 Å². The van der Waals surface area contributed by atoms with Crippen molar-refractivity contribution in [1.82, 2.24) is 24.5 Å². The summed E-state index contributed by atoms with van der Waals surface area (Å²) in [6.45, 7) is 5.39. The molecule has 4 heterocycles. The van der Waals surface area contributed by atoms with Gasteiger partial charge in [0.2, 0.25) is 5.91 Å². The molecule has 0 spiro atoms. The molecule has 0 aromatic carbocycles. The van der Waals surface area contributed by atoms with E-state index in [4.69, 9.17) is 11.6 Å². The first-order valence-corrected chi connectivity index (χ1v) is 11.7. The maximum absolute atomic E-state index is 13.1. The molecule has 0 unspecified atom stereocenters. The topological polar surface area (TPSA) is 77.6 Å². The van der Waals surface area contributed by atoms with E-state index in [-0.39, 0.29) is 17.2 Å². The Morgan fingerprint density at radius 2 is 2.03 bits per heavy atom. The quantitative estimate of drug-likeness (QED) is 0.615. The highest BCUT2D eigenvalue weighted by molar-refractivity contribution is 6.33. The van der Waals surface area contributed by atoms with Crippen LogP contribution in [0.25, 0.3) is 11.1 Å². The summed E-state index contributed by atoms with van der Waals surface area (Å²) in [5, 5.41) is 12.5. The zero-order valence-corrected chi connectivity index (χ0v) is 19.6. The molecule has 7 nitrogen and oxygen atoms in total. The van der Waals surface area contributed by atoms with Gasteiger partial charge in [0.05, 0.1) is 17.4 Å². The minimum absolute atomic E-state index is 0.0285. The van der Waals surface area contributed by atoms with Crippen molar-refractivity contribution in [3.8, 4) is 11.1 Å². The Morgan fingerprint density at radius 3 is 2.81 bits per heavy atom. The minimum atomic E-state index is -0.0314. The molecule has 2 aliphatic rings. The molecule has 3 aromatic rings. The smallest absolute Gasteiger partial charge is 0.228 e.